The molecular weight excluding hydrogens is 336 g/mol. The number of fused-ring (bicyclic) bond motifs is 1. The second-order valence-electron chi connectivity index (χ2n) is 7.16. The summed E-state index contributed by atoms with van der Waals surface area (Å²) < 4.78 is 26.7. The molecular formula is C19H28N2O3S. The second kappa shape index (κ2) is 7.46. The van der Waals surface area contributed by atoms with Crippen molar-refractivity contribution >= 4 is 21.6 Å². The molecule has 3 rings (SSSR count). The Hall–Kier alpha value is -1.40. The van der Waals surface area contributed by atoms with Crippen molar-refractivity contribution in [2.24, 2.45) is 0 Å². The molecule has 138 valence electrons. The summed E-state index contributed by atoms with van der Waals surface area (Å²) in [4.78, 5) is 15.1. The molecule has 6 heteroatoms. The number of carbonyl (C=O) groups is 1. The zero-order valence-electron chi connectivity index (χ0n) is 15.2. The van der Waals surface area contributed by atoms with E-state index < -0.39 is 16.1 Å². The number of amides is 1. The zero-order valence-corrected chi connectivity index (χ0v) is 16.0. The van der Waals surface area contributed by atoms with Crippen LogP contribution in [-0.4, -0.2) is 43.5 Å². The maximum atomic E-state index is 13.3. The van der Waals surface area contributed by atoms with Crippen molar-refractivity contribution in [1.29, 1.82) is 0 Å². The Morgan fingerprint density at radius 1 is 1.20 bits per heavy atom. The van der Waals surface area contributed by atoms with E-state index >= 15 is 0 Å². The van der Waals surface area contributed by atoms with Crippen molar-refractivity contribution in [3.63, 3.8) is 0 Å². The summed E-state index contributed by atoms with van der Waals surface area (Å²) in [6.07, 6.45) is 4.84. The monoisotopic (exact) mass is 364 g/mol. The third-order valence-electron chi connectivity index (χ3n) is 5.18. The van der Waals surface area contributed by atoms with Crippen LogP contribution in [-0.2, 0) is 21.2 Å². The molecule has 0 spiro atoms. The minimum Gasteiger partial charge on any atom is -0.311 e. The number of sulfonamides is 1. The van der Waals surface area contributed by atoms with E-state index in [1.54, 1.807) is 0 Å². The average Bonchev–Trinajstić information content (AvgIpc) is 2.60. The second-order valence-corrected chi connectivity index (χ2v) is 9.20. The summed E-state index contributed by atoms with van der Waals surface area (Å²) in [5, 5.41) is 0. The molecule has 1 saturated heterocycles. The van der Waals surface area contributed by atoms with E-state index in [2.05, 4.69) is 13.0 Å². The lowest BCUT2D eigenvalue weighted by Crippen LogP contribution is -2.54. The van der Waals surface area contributed by atoms with Crippen LogP contribution in [0.25, 0.3) is 0 Å². The summed E-state index contributed by atoms with van der Waals surface area (Å²) in [5.41, 5.74) is 3.34. The van der Waals surface area contributed by atoms with Gasteiger partial charge in [0.1, 0.15) is 6.04 Å². The minimum absolute atomic E-state index is 0.0517. The molecule has 25 heavy (non-hydrogen) atoms. The number of aryl methyl sites for hydroxylation is 2. The Morgan fingerprint density at radius 2 is 2.00 bits per heavy atom. The molecule has 1 unspecified atom stereocenters. The summed E-state index contributed by atoms with van der Waals surface area (Å²) in [7, 11) is -3.36. The number of anilines is 1. The summed E-state index contributed by atoms with van der Waals surface area (Å²) in [6.45, 7) is 5.06. The fourth-order valence-corrected chi connectivity index (χ4v) is 5.74. The molecule has 2 aliphatic heterocycles. The summed E-state index contributed by atoms with van der Waals surface area (Å²) in [6, 6.07) is 5.63. The lowest BCUT2D eigenvalue weighted by Gasteiger charge is -2.38. The summed E-state index contributed by atoms with van der Waals surface area (Å²) in [5.74, 6) is 0.0659. The number of nitrogens with zero attached hydrogens (tertiary/aromatic N) is 2. The van der Waals surface area contributed by atoms with Gasteiger partial charge in [-0.25, -0.2) is 8.42 Å². The lowest BCUT2D eigenvalue weighted by molar-refractivity contribution is -0.123. The third-order valence-corrected chi connectivity index (χ3v) is 7.25. The van der Waals surface area contributed by atoms with E-state index in [0.717, 1.165) is 31.4 Å². The van der Waals surface area contributed by atoms with Crippen LogP contribution in [0.5, 0.6) is 0 Å². The molecule has 0 bridgehead atoms. The van der Waals surface area contributed by atoms with E-state index in [-0.39, 0.29) is 11.7 Å². The molecule has 1 atom stereocenters. The third kappa shape index (κ3) is 3.75. The van der Waals surface area contributed by atoms with Crippen molar-refractivity contribution in [2.45, 2.75) is 58.4 Å². The highest BCUT2D eigenvalue weighted by Crippen LogP contribution is 2.31. The van der Waals surface area contributed by atoms with Gasteiger partial charge in [-0.1, -0.05) is 31.0 Å². The lowest BCUT2D eigenvalue weighted by atomic mass is 9.97. The number of rotatable bonds is 4. The first-order valence-corrected chi connectivity index (χ1v) is 11.0. The van der Waals surface area contributed by atoms with Gasteiger partial charge in [0, 0.05) is 18.8 Å². The van der Waals surface area contributed by atoms with Crippen LogP contribution in [0.4, 0.5) is 5.69 Å². The average molecular weight is 365 g/mol. The molecule has 2 aliphatic rings. The van der Waals surface area contributed by atoms with E-state index in [9.17, 15) is 13.2 Å². The van der Waals surface area contributed by atoms with Crippen LogP contribution >= 0.6 is 0 Å². The van der Waals surface area contributed by atoms with Gasteiger partial charge < -0.3 is 4.90 Å². The smallest absolute Gasteiger partial charge is 0.245 e. The zero-order chi connectivity index (χ0) is 18.0. The highest BCUT2D eigenvalue weighted by Gasteiger charge is 2.39. The molecule has 0 aromatic heterocycles. The van der Waals surface area contributed by atoms with Crippen LogP contribution < -0.4 is 4.90 Å². The van der Waals surface area contributed by atoms with Crippen LogP contribution in [0.2, 0.25) is 0 Å². The molecule has 1 amide bonds. The first kappa shape index (κ1) is 18.4. The van der Waals surface area contributed by atoms with Crippen LogP contribution in [0.15, 0.2) is 18.2 Å². The molecule has 1 aromatic carbocycles. The van der Waals surface area contributed by atoms with Crippen LogP contribution in [0, 0.1) is 6.92 Å². The SMILES string of the molecule is CCCS(=O)(=O)N1CCCCC1C(=O)N1CCCc2cc(C)ccc21. The predicted molar refractivity (Wildman–Crippen MR) is 100 cm³/mol. The van der Waals surface area contributed by atoms with Gasteiger partial charge in [0.25, 0.3) is 0 Å². The fraction of sp³-hybridized carbons (Fsp3) is 0.632. The number of carbonyl (C=O) groups excluding carboxylic acids is 1. The minimum atomic E-state index is -3.36. The molecule has 0 aliphatic carbocycles. The van der Waals surface area contributed by atoms with Gasteiger partial charge in [0.15, 0.2) is 0 Å². The van der Waals surface area contributed by atoms with E-state index in [0.29, 0.717) is 25.9 Å². The summed E-state index contributed by atoms with van der Waals surface area (Å²) >= 11 is 0. The largest absolute Gasteiger partial charge is 0.311 e. The van der Waals surface area contributed by atoms with Gasteiger partial charge >= 0.3 is 0 Å². The van der Waals surface area contributed by atoms with Crippen molar-refractivity contribution < 1.29 is 13.2 Å². The topological polar surface area (TPSA) is 57.7 Å². The molecule has 0 N–H and O–H groups in total. The van der Waals surface area contributed by atoms with Gasteiger partial charge in [-0.2, -0.15) is 4.31 Å². The van der Waals surface area contributed by atoms with Crippen molar-refractivity contribution in [3.8, 4) is 0 Å². The first-order valence-electron chi connectivity index (χ1n) is 9.34. The Bertz CT molecular complexity index is 745. The molecule has 0 saturated carbocycles. The van der Waals surface area contributed by atoms with Crippen LogP contribution in [0.1, 0.15) is 50.2 Å². The highest BCUT2D eigenvalue weighted by atomic mass is 32.2. The predicted octanol–water partition coefficient (Wildman–Crippen LogP) is 2.87. The Kier molecular flexibility index (Phi) is 5.49. The number of piperidine rings is 1. The van der Waals surface area contributed by atoms with Gasteiger partial charge in [0.05, 0.1) is 5.75 Å². The highest BCUT2D eigenvalue weighted by molar-refractivity contribution is 7.89. The quantitative estimate of drug-likeness (QED) is 0.825. The number of hydrogen-bond acceptors (Lipinski definition) is 3. The maximum absolute atomic E-state index is 13.3. The van der Waals surface area contributed by atoms with Gasteiger partial charge in [-0.15, -0.1) is 0 Å². The van der Waals surface area contributed by atoms with Gasteiger partial charge in [0.2, 0.25) is 15.9 Å². The Morgan fingerprint density at radius 3 is 2.76 bits per heavy atom. The van der Waals surface area contributed by atoms with Crippen molar-refractivity contribution in [1.82, 2.24) is 4.31 Å². The normalized spacial score (nSPS) is 21.8. The molecule has 1 fully saturated rings. The van der Waals surface area contributed by atoms with Gasteiger partial charge in [-0.3, -0.25) is 4.79 Å². The number of benzene rings is 1. The standard InChI is InChI=1S/C19H28N2O3S/c1-3-13-25(23,24)21-12-5-4-8-18(21)19(22)20-11-6-7-16-14-15(2)9-10-17(16)20/h9-10,14,18H,3-8,11-13H2,1-2H3. The van der Waals surface area contributed by atoms with E-state index in [1.165, 1.54) is 15.4 Å². The number of hydrogen-bond donors (Lipinski definition) is 0. The van der Waals surface area contributed by atoms with E-state index in [4.69, 9.17) is 0 Å². The van der Waals surface area contributed by atoms with E-state index in [1.807, 2.05) is 24.0 Å². The molecule has 0 radical (unpaired) electrons. The maximum Gasteiger partial charge on any atom is 0.245 e. The molecule has 2 heterocycles. The Balaban J connectivity index is 1.89. The fourth-order valence-electron chi connectivity index (χ4n) is 3.99. The van der Waals surface area contributed by atoms with Crippen molar-refractivity contribution in [3.05, 3.63) is 29.3 Å². The first-order chi connectivity index (χ1) is 11.9. The van der Waals surface area contributed by atoms with Gasteiger partial charge in [-0.05, 0) is 50.7 Å². The van der Waals surface area contributed by atoms with Crippen LogP contribution in [0.3, 0.4) is 0 Å². The van der Waals surface area contributed by atoms with Crippen molar-refractivity contribution in [2.75, 3.05) is 23.7 Å². The Labute approximate surface area is 151 Å². The molecule has 1 aromatic rings. The molecule has 5 nitrogen and oxygen atoms in total.